The molecule has 1 N–H and O–H groups in total. The highest BCUT2D eigenvalue weighted by molar-refractivity contribution is 5.73. The van der Waals surface area contributed by atoms with E-state index in [0.29, 0.717) is 24.6 Å². The number of pyridine rings is 1. The van der Waals surface area contributed by atoms with Crippen LogP contribution in [0.5, 0.6) is 0 Å². The van der Waals surface area contributed by atoms with E-state index in [1.54, 1.807) is 30.0 Å². The molecule has 5 heteroatoms. The molecule has 22 heavy (non-hydrogen) atoms. The number of aromatic nitrogens is 1. The molecular formula is C17H18N4O. The molecular weight excluding hydrogens is 276 g/mol. The molecule has 0 saturated carbocycles. The topological polar surface area (TPSA) is 69.0 Å². The largest absolute Gasteiger partial charge is 0.340 e. The number of carbonyl (C=O) groups is 1. The Morgan fingerprint density at radius 2 is 2.09 bits per heavy atom. The summed E-state index contributed by atoms with van der Waals surface area (Å²) in [6.07, 6.45) is 0. The summed E-state index contributed by atoms with van der Waals surface area (Å²) in [6.45, 7) is 4.79. The van der Waals surface area contributed by atoms with Gasteiger partial charge in [0.15, 0.2) is 0 Å². The Bertz CT molecular complexity index is 706. The Hall–Kier alpha value is -2.87. The highest BCUT2D eigenvalue weighted by Gasteiger charge is 2.07. The van der Waals surface area contributed by atoms with Gasteiger partial charge in [0, 0.05) is 25.7 Å². The normalized spacial score (nSPS) is 9.86. The zero-order chi connectivity index (χ0) is 15.9. The summed E-state index contributed by atoms with van der Waals surface area (Å²) in [7, 11) is 0. The van der Waals surface area contributed by atoms with Crippen molar-refractivity contribution in [3.63, 3.8) is 0 Å². The van der Waals surface area contributed by atoms with Crippen molar-refractivity contribution in [3.05, 3.63) is 53.7 Å². The molecule has 2 aromatic rings. The summed E-state index contributed by atoms with van der Waals surface area (Å²) in [4.78, 5) is 17.5. The Balaban J connectivity index is 2.14. The molecule has 1 aromatic carbocycles. The maximum Gasteiger partial charge on any atom is 0.219 e. The molecule has 0 radical (unpaired) electrons. The Morgan fingerprint density at radius 1 is 1.32 bits per heavy atom. The van der Waals surface area contributed by atoms with Crippen LogP contribution in [0.25, 0.3) is 0 Å². The van der Waals surface area contributed by atoms with Gasteiger partial charge in [0.25, 0.3) is 0 Å². The number of carbonyl (C=O) groups excluding carboxylic acids is 1. The molecule has 0 fully saturated rings. The highest BCUT2D eigenvalue weighted by Crippen LogP contribution is 2.17. The second-order valence-corrected chi connectivity index (χ2v) is 4.88. The fourth-order valence-corrected chi connectivity index (χ4v) is 2.13. The van der Waals surface area contributed by atoms with Gasteiger partial charge in [-0.25, -0.2) is 4.98 Å². The molecule has 0 bridgehead atoms. The predicted molar refractivity (Wildman–Crippen MR) is 85.4 cm³/mol. The van der Waals surface area contributed by atoms with Gasteiger partial charge in [-0.15, -0.1) is 0 Å². The first-order valence-electron chi connectivity index (χ1n) is 7.11. The van der Waals surface area contributed by atoms with E-state index in [9.17, 15) is 4.79 Å². The second-order valence-electron chi connectivity index (χ2n) is 4.88. The number of rotatable bonds is 5. The molecule has 0 aliphatic rings. The van der Waals surface area contributed by atoms with E-state index in [1.807, 2.05) is 37.3 Å². The molecule has 112 valence electrons. The van der Waals surface area contributed by atoms with Crippen LogP contribution in [-0.4, -0.2) is 22.3 Å². The molecule has 5 nitrogen and oxygen atoms in total. The van der Waals surface area contributed by atoms with Crippen LogP contribution < -0.4 is 5.32 Å². The summed E-state index contributed by atoms with van der Waals surface area (Å²) in [6, 6.07) is 15.1. The average molecular weight is 294 g/mol. The minimum absolute atomic E-state index is 0.0595. The standard InChI is InChI=1S/C17H18N4O/c1-3-21(13(2)22)12-14-6-4-7-15(10-14)19-17-9-5-8-16(11-18)20-17/h4-10H,3,12H2,1-2H3,(H,19,20). The summed E-state index contributed by atoms with van der Waals surface area (Å²) in [5, 5.41) is 12.0. The second kappa shape index (κ2) is 7.23. The van der Waals surface area contributed by atoms with Crippen LogP contribution in [0.3, 0.4) is 0 Å². The smallest absolute Gasteiger partial charge is 0.219 e. The van der Waals surface area contributed by atoms with Crippen LogP contribution in [0.2, 0.25) is 0 Å². The zero-order valence-corrected chi connectivity index (χ0v) is 12.7. The molecule has 1 aromatic heterocycles. The molecule has 1 amide bonds. The van der Waals surface area contributed by atoms with Gasteiger partial charge in [-0.2, -0.15) is 5.26 Å². The van der Waals surface area contributed by atoms with Crippen molar-refractivity contribution in [3.8, 4) is 6.07 Å². The molecule has 0 spiro atoms. The fourth-order valence-electron chi connectivity index (χ4n) is 2.13. The van der Waals surface area contributed by atoms with Crippen LogP contribution in [-0.2, 0) is 11.3 Å². The van der Waals surface area contributed by atoms with Crippen molar-refractivity contribution in [2.75, 3.05) is 11.9 Å². The molecule has 2 rings (SSSR count). The van der Waals surface area contributed by atoms with E-state index < -0.39 is 0 Å². The van der Waals surface area contributed by atoms with Gasteiger partial charge in [0.2, 0.25) is 5.91 Å². The number of benzene rings is 1. The number of nitrogens with zero attached hydrogens (tertiary/aromatic N) is 3. The average Bonchev–Trinajstić information content (AvgIpc) is 2.53. The number of hydrogen-bond acceptors (Lipinski definition) is 4. The van der Waals surface area contributed by atoms with Crippen molar-refractivity contribution in [2.24, 2.45) is 0 Å². The number of hydrogen-bond donors (Lipinski definition) is 1. The van der Waals surface area contributed by atoms with Crippen LogP contribution >= 0.6 is 0 Å². The van der Waals surface area contributed by atoms with Gasteiger partial charge in [0.05, 0.1) is 0 Å². The highest BCUT2D eigenvalue weighted by atomic mass is 16.2. The van der Waals surface area contributed by atoms with E-state index in [2.05, 4.69) is 10.3 Å². The molecule has 1 heterocycles. The lowest BCUT2D eigenvalue weighted by atomic mass is 10.2. The Kier molecular flexibility index (Phi) is 5.10. The third-order valence-corrected chi connectivity index (χ3v) is 3.26. The van der Waals surface area contributed by atoms with Crippen LogP contribution in [0.1, 0.15) is 25.1 Å². The predicted octanol–water partition coefficient (Wildman–Crippen LogP) is 3.07. The summed E-state index contributed by atoms with van der Waals surface area (Å²) >= 11 is 0. The third kappa shape index (κ3) is 4.06. The van der Waals surface area contributed by atoms with E-state index in [4.69, 9.17) is 5.26 Å². The van der Waals surface area contributed by atoms with Gasteiger partial charge in [0.1, 0.15) is 17.6 Å². The SMILES string of the molecule is CCN(Cc1cccc(Nc2cccc(C#N)n2)c1)C(C)=O. The van der Waals surface area contributed by atoms with Crippen molar-refractivity contribution >= 4 is 17.4 Å². The summed E-state index contributed by atoms with van der Waals surface area (Å²) in [5.41, 5.74) is 2.29. The van der Waals surface area contributed by atoms with Crippen molar-refractivity contribution in [2.45, 2.75) is 20.4 Å². The number of nitrogens with one attached hydrogen (secondary N) is 1. The number of amides is 1. The molecule has 0 saturated heterocycles. The number of nitriles is 1. The van der Waals surface area contributed by atoms with Crippen molar-refractivity contribution < 1.29 is 4.79 Å². The summed E-state index contributed by atoms with van der Waals surface area (Å²) in [5.74, 6) is 0.680. The first-order valence-corrected chi connectivity index (χ1v) is 7.11. The maximum atomic E-state index is 11.5. The first kappa shape index (κ1) is 15.5. The van der Waals surface area contributed by atoms with E-state index >= 15 is 0 Å². The lowest BCUT2D eigenvalue weighted by Crippen LogP contribution is -2.27. The van der Waals surface area contributed by atoms with Crippen LogP contribution in [0.4, 0.5) is 11.5 Å². The molecule has 0 aliphatic heterocycles. The summed E-state index contributed by atoms with van der Waals surface area (Å²) < 4.78 is 0. The van der Waals surface area contributed by atoms with Gasteiger partial charge < -0.3 is 10.2 Å². The quantitative estimate of drug-likeness (QED) is 0.920. The number of anilines is 2. The minimum Gasteiger partial charge on any atom is -0.340 e. The Morgan fingerprint density at radius 3 is 2.77 bits per heavy atom. The monoisotopic (exact) mass is 294 g/mol. The van der Waals surface area contributed by atoms with Crippen molar-refractivity contribution in [1.29, 1.82) is 5.26 Å². The Labute approximate surface area is 130 Å². The van der Waals surface area contributed by atoms with Crippen LogP contribution in [0.15, 0.2) is 42.5 Å². The lowest BCUT2D eigenvalue weighted by molar-refractivity contribution is -0.129. The van der Waals surface area contributed by atoms with E-state index in [1.165, 1.54) is 0 Å². The first-order chi connectivity index (χ1) is 10.6. The zero-order valence-electron chi connectivity index (χ0n) is 12.7. The lowest BCUT2D eigenvalue weighted by Gasteiger charge is -2.19. The van der Waals surface area contributed by atoms with Crippen molar-refractivity contribution in [1.82, 2.24) is 9.88 Å². The third-order valence-electron chi connectivity index (χ3n) is 3.26. The van der Waals surface area contributed by atoms with Gasteiger partial charge in [-0.05, 0) is 36.8 Å². The maximum absolute atomic E-state index is 11.5. The molecule has 0 aliphatic carbocycles. The van der Waals surface area contributed by atoms with E-state index in [-0.39, 0.29) is 5.91 Å². The van der Waals surface area contributed by atoms with Crippen LogP contribution in [0, 0.1) is 11.3 Å². The minimum atomic E-state index is 0.0595. The fraction of sp³-hybridized carbons (Fsp3) is 0.235. The van der Waals surface area contributed by atoms with Gasteiger partial charge >= 0.3 is 0 Å². The van der Waals surface area contributed by atoms with E-state index in [0.717, 1.165) is 11.3 Å². The molecule has 0 atom stereocenters. The van der Waals surface area contributed by atoms with Gasteiger partial charge in [-0.3, -0.25) is 4.79 Å². The molecule has 0 unspecified atom stereocenters. The van der Waals surface area contributed by atoms with Gasteiger partial charge in [-0.1, -0.05) is 18.2 Å².